The molecule has 1 aromatic heterocycles. The van der Waals surface area contributed by atoms with Gasteiger partial charge in [-0.3, -0.25) is 4.68 Å². The topological polar surface area (TPSA) is 60.1 Å². The molecule has 0 aliphatic heterocycles. The van der Waals surface area contributed by atoms with Crippen LogP contribution in [0.3, 0.4) is 0 Å². The van der Waals surface area contributed by atoms with E-state index in [-0.39, 0.29) is 0 Å². The van der Waals surface area contributed by atoms with Crippen molar-refractivity contribution < 1.29 is 4.79 Å². The summed E-state index contributed by atoms with van der Waals surface area (Å²) in [5, 5.41) is 3.88. The zero-order valence-corrected chi connectivity index (χ0v) is 5.97. The predicted molar refractivity (Wildman–Crippen MR) is 37.6 cm³/mol. The number of hydrogen-bond acceptors (Lipinski definition) is 4. The van der Waals surface area contributed by atoms with Crippen molar-refractivity contribution in [2.24, 2.45) is 4.99 Å². The van der Waals surface area contributed by atoms with Crippen molar-refractivity contribution in [1.29, 1.82) is 0 Å². The van der Waals surface area contributed by atoms with Gasteiger partial charge in [0.15, 0.2) is 0 Å². The van der Waals surface area contributed by atoms with Crippen LogP contribution in [0, 0.1) is 0 Å². The number of aliphatic imine (C=N–C) groups is 1. The molecular formula is C6H8N4O. The zero-order chi connectivity index (χ0) is 7.94. The number of hydrogen-bond donors (Lipinski definition) is 0. The molecule has 1 rings (SSSR count). The maximum absolute atomic E-state index is 9.64. The van der Waals surface area contributed by atoms with Gasteiger partial charge in [0, 0.05) is 6.54 Å². The molecule has 0 aliphatic carbocycles. The number of carbonyl (C=O) groups excluding carboxylic acids is 1. The van der Waals surface area contributed by atoms with Crippen LogP contribution in [0.1, 0.15) is 6.42 Å². The van der Waals surface area contributed by atoms with Crippen LogP contribution >= 0.6 is 0 Å². The first-order valence-corrected chi connectivity index (χ1v) is 3.29. The van der Waals surface area contributed by atoms with Crippen LogP contribution in [0.4, 0.5) is 0 Å². The first kappa shape index (κ1) is 7.63. The first-order valence-electron chi connectivity index (χ1n) is 3.29. The highest BCUT2D eigenvalue weighted by Gasteiger charge is 1.88. The van der Waals surface area contributed by atoms with Crippen LogP contribution in [-0.2, 0) is 11.3 Å². The van der Waals surface area contributed by atoms with Gasteiger partial charge < -0.3 is 0 Å². The van der Waals surface area contributed by atoms with Crippen molar-refractivity contribution in [2.45, 2.75) is 13.0 Å². The lowest BCUT2D eigenvalue weighted by Crippen LogP contribution is -1.99. The summed E-state index contributed by atoms with van der Waals surface area (Å²) in [4.78, 5) is 16.8. The van der Waals surface area contributed by atoms with E-state index in [9.17, 15) is 4.79 Å². The van der Waals surface area contributed by atoms with Crippen LogP contribution in [0.2, 0.25) is 0 Å². The molecule has 0 N–H and O–H groups in total. The Morgan fingerprint density at radius 1 is 1.64 bits per heavy atom. The van der Waals surface area contributed by atoms with Gasteiger partial charge in [-0.1, -0.05) is 0 Å². The molecule has 5 nitrogen and oxygen atoms in total. The van der Waals surface area contributed by atoms with E-state index in [4.69, 9.17) is 0 Å². The zero-order valence-electron chi connectivity index (χ0n) is 5.97. The fourth-order valence-electron chi connectivity index (χ4n) is 0.706. The van der Waals surface area contributed by atoms with E-state index in [2.05, 4.69) is 15.1 Å². The third-order valence-corrected chi connectivity index (χ3v) is 1.19. The van der Waals surface area contributed by atoms with Crippen LogP contribution in [0.25, 0.3) is 0 Å². The molecule has 0 aliphatic rings. The number of isocyanates is 1. The van der Waals surface area contributed by atoms with E-state index in [1.54, 1.807) is 11.0 Å². The summed E-state index contributed by atoms with van der Waals surface area (Å²) < 4.78 is 1.69. The van der Waals surface area contributed by atoms with Crippen LogP contribution in [0.15, 0.2) is 17.6 Å². The van der Waals surface area contributed by atoms with Gasteiger partial charge in [0.25, 0.3) is 0 Å². The number of nitrogens with zero attached hydrogens (tertiary/aromatic N) is 4. The minimum absolute atomic E-state index is 0.503. The average Bonchev–Trinajstić information content (AvgIpc) is 2.50. The summed E-state index contributed by atoms with van der Waals surface area (Å²) >= 11 is 0. The maximum Gasteiger partial charge on any atom is 0.234 e. The molecule has 0 saturated heterocycles. The smallest absolute Gasteiger partial charge is 0.234 e. The standard InChI is InChI=1S/C6H8N4O/c11-6-7-2-1-3-10-5-8-4-9-10/h4-5H,1-3H2. The number of aryl methyl sites for hydroxylation is 1. The quantitative estimate of drug-likeness (QED) is 0.346. The molecule has 5 heteroatoms. The summed E-state index contributed by atoms with van der Waals surface area (Å²) in [5.41, 5.74) is 0. The normalized spacial score (nSPS) is 9.09. The Kier molecular flexibility index (Phi) is 3.02. The molecule has 11 heavy (non-hydrogen) atoms. The van der Waals surface area contributed by atoms with Crippen molar-refractivity contribution in [1.82, 2.24) is 14.8 Å². The molecule has 0 aromatic carbocycles. The van der Waals surface area contributed by atoms with E-state index in [1.165, 1.54) is 12.4 Å². The van der Waals surface area contributed by atoms with E-state index >= 15 is 0 Å². The molecule has 0 radical (unpaired) electrons. The van der Waals surface area contributed by atoms with Gasteiger partial charge in [-0.15, -0.1) is 0 Å². The predicted octanol–water partition coefficient (Wildman–Crippen LogP) is 0.00400. The third-order valence-electron chi connectivity index (χ3n) is 1.19. The van der Waals surface area contributed by atoms with Gasteiger partial charge in [-0.05, 0) is 6.42 Å². The average molecular weight is 152 g/mol. The summed E-state index contributed by atoms with van der Waals surface area (Å²) in [6, 6.07) is 0. The molecule has 0 atom stereocenters. The highest BCUT2D eigenvalue weighted by molar-refractivity contribution is 5.32. The second-order valence-electron chi connectivity index (χ2n) is 1.99. The van der Waals surface area contributed by atoms with Gasteiger partial charge in [0.2, 0.25) is 6.08 Å². The van der Waals surface area contributed by atoms with Gasteiger partial charge in [0.1, 0.15) is 12.7 Å². The van der Waals surface area contributed by atoms with E-state index < -0.39 is 0 Å². The van der Waals surface area contributed by atoms with Gasteiger partial charge in [0.05, 0.1) is 6.54 Å². The van der Waals surface area contributed by atoms with Crippen LogP contribution in [-0.4, -0.2) is 27.4 Å². The SMILES string of the molecule is O=C=NCCCn1cncn1. The fourth-order valence-corrected chi connectivity index (χ4v) is 0.706. The molecule has 0 saturated carbocycles. The molecular weight excluding hydrogens is 144 g/mol. The van der Waals surface area contributed by atoms with Crippen molar-refractivity contribution in [2.75, 3.05) is 6.54 Å². The van der Waals surface area contributed by atoms with Crippen LogP contribution in [0.5, 0.6) is 0 Å². The molecule has 0 fully saturated rings. The van der Waals surface area contributed by atoms with Crippen molar-refractivity contribution >= 4 is 6.08 Å². The monoisotopic (exact) mass is 152 g/mol. The second kappa shape index (κ2) is 4.35. The Bertz CT molecular complexity index is 237. The van der Waals surface area contributed by atoms with Crippen molar-refractivity contribution in [3.63, 3.8) is 0 Å². The highest BCUT2D eigenvalue weighted by atomic mass is 16.1. The first-order chi connectivity index (χ1) is 5.43. The summed E-state index contributed by atoms with van der Waals surface area (Å²) in [6.45, 7) is 1.24. The summed E-state index contributed by atoms with van der Waals surface area (Å²) in [5.74, 6) is 0. The molecule has 0 spiro atoms. The third kappa shape index (κ3) is 2.73. The van der Waals surface area contributed by atoms with E-state index in [1.807, 2.05) is 0 Å². The summed E-state index contributed by atoms with van der Waals surface area (Å²) in [7, 11) is 0. The maximum atomic E-state index is 9.64. The lowest BCUT2D eigenvalue weighted by atomic mass is 10.4. The second-order valence-corrected chi connectivity index (χ2v) is 1.99. The Morgan fingerprint density at radius 3 is 3.18 bits per heavy atom. The molecule has 0 bridgehead atoms. The van der Waals surface area contributed by atoms with Crippen molar-refractivity contribution in [3.8, 4) is 0 Å². The highest BCUT2D eigenvalue weighted by Crippen LogP contribution is 1.86. The Hall–Kier alpha value is -1.48. The Labute approximate surface area is 63.8 Å². The lowest BCUT2D eigenvalue weighted by molar-refractivity contribution is 0.555. The minimum atomic E-state index is 0.503. The summed E-state index contributed by atoms with van der Waals surface area (Å²) in [6.07, 6.45) is 5.37. The molecule has 58 valence electrons. The molecule has 1 heterocycles. The Balaban J connectivity index is 2.18. The van der Waals surface area contributed by atoms with Gasteiger partial charge in [-0.25, -0.2) is 14.8 Å². The van der Waals surface area contributed by atoms with Gasteiger partial charge >= 0.3 is 0 Å². The Morgan fingerprint density at radius 2 is 2.55 bits per heavy atom. The number of rotatable bonds is 4. The van der Waals surface area contributed by atoms with E-state index in [0.717, 1.165) is 13.0 Å². The van der Waals surface area contributed by atoms with Crippen molar-refractivity contribution in [3.05, 3.63) is 12.7 Å². The molecule has 1 aromatic rings. The fraction of sp³-hybridized carbons (Fsp3) is 0.500. The lowest BCUT2D eigenvalue weighted by Gasteiger charge is -1.94. The minimum Gasteiger partial charge on any atom is -0.253 e. The van der Waals surface area contributed by atoms with Crippen LogP contribution < -0.4 is 0 Å². The largest absolute Gasteiger partial charge is 0.253 e. The van der Waals surface area contributed by atoms with Gasteiger partial charge in [-0.2, -0.15) is 5.10 Å². The van der Waals surface area contributed by atoms with E-state index in [0.29, 0.717) is 6.54 Å². The molecule has 0 unspecified atom stereocenters. The number of aromatic nitrogens is 3. The molecule has 0 amide bonds.